The molecule has 3 aromatic rings. The fraction of sp³-hybridized carbons (Fsp3) is 0.417. The molecule has 11 heteroatoms. The fourth-order valence-corrected chi connectivity index (χ4v) is 5.14. The fourth-order valence-electron chi connectivity index (χ4n) is 4.52. The van der Waals surface area contributed by atoms with E-state index in [-0.39, 0.29) is 33.0 Å². The Bertz CT molecular complexity index is 1250. The predicted molar refractivity (Wildman–Crippen MR) is 127 cm³/mol. The molecular weight excluding hydrogens is 506 g/mol. The van der Waals surface area contributed by atoms with E-state index in [4.69, 9.17) is 23.2 Å². The maximum atomic E-state index is 13.2. The Morgan fingerprint density at radius 2 is 1.94 bits per heavy atom. The van der Waals surface area contributed by atoms with Crippen molar-refractivity contribution in [3.63, 3.8) is 0 Å². The molecule has 3 heterocycles. The van der Waals surface area contributed by atoms with Crippen molar-refractivity contribution in [2.75, 3.05) is 13.1 Å². The van der Waals surface area contributed by atoms with Gasteiger partial charge in [0.05, 0.1) is 21.8 Å². The minimum atomic E-state index is -4.83. The summed E-state index contributed by atoms with van der Waals surface area (Å²) in [5.74, 6) is -0.0821. The van der Waals surface area contributed by atoms with Crippen LogP contribution in [-0.2, 0) is 7.05 Å². The number of ether oxygens (including phenoxy) is 1. The number of likely N-dealkylation sites (tertiary alicyclic amines) is 1. The smallest absolute Gasteiger partial charge is 0.406 e. The highest BCUT2D eigenvalue weighted by Gasteiger charge is 2.32. The molecule has 0 saturated carbocycles. The third kappa shape index (κ3) is 5.22. The third-order valence-corrected chi connectivity index (χ3v) is 7.26. The molecule has 6 nitrogen and oxygen atoms in total. The van der Waals surface area contributed by atoms with Crippen LogP contribution in [-0.4, -0.2) is 44.9 Å². The van der Waals surface area contributed by atoms with Gasteiger partial charge in [-0.1, -0.05) is 36.5 Å². The minimum Gasteiger partial charge on any atom is -0.406 e. The molecule has 0 radical (unpaired) electrons. The van der Waals surface area contributed by atoms with Gasteiger partial charge in [-0.15, -0.1) is 13.2 Å². The minimum absolute atomic E-state index is 0.00790. The molecule has 1 aliphatic heterocycles. The monoisotopic (exact) mass is 529 g/mol. The van der Waals surface area contributed by atoms with Gasteiger partial charge in [0, 0.05) is 43.4 Å². The Kier molecular flexibility index (Phi) is 7.22. The number of halogens is 5. The summed E-state index contributed by atoms with van der Waals surface area (Å²) in [6.07, 6.45) is -2.02. The predicted octanol–water partition coefficient (Wildman–Crippen LogP) is 6.12. The van der Waals surface area contributed by atoms with E-state index >= 15 is 0 Å². The first kappa shape index (κ1) is 25.6. The number of carbonyl (C=O) groups excluding carboxylic acids is 1. The highest BCUT2D eigenvalue weighted by molar-refractivity contribution is 6.37. The number of amides is 1. The maximum absolute atomic E-state index is 13.2. The van der Waals surface area contributed by atoms with Crippen molar-refractivity contribution in [3.05, 3.63) is 57.5 Å². The van der Waals surface area contributed by atoms with Gasteiger partial charge >= 0.3 is 6.36 Å². The molecule has 1 unspecified atom stereocenters. The Hall–Kier alpha value is -2.49. The Balaban J connectivity index is 1.67. The number of piperidine rings is 1. The summed E-state index contributed by atoms with van der Waals surface area (Å²) in [6, 6.07) is 5.47. The van der Waals surface area contributed by atoms with Crippen molar-refractivity contribution in [2.24, 2.45) is 13.0 Å². The van der Waals surface area contributed by atoms with E-state index in [2.05, 4.69) is 16.6 Å². The zero-order valence-electron chi connectivity index (χ0n) is 19.1. The zero-order chi connectivity index (χ0) is 25.5. The number of rotatable bonds is 5. The molecule has 1 saturated heterocycles. The lowest BCUT2D eigenvalue weighted by Crippen LogP contribution is -2.38. The number of hydrogen-bond donors (Lipinski definition) is 1. The Labute approximate surface area is 210 Å². The first-order valence-corrected chi connectivity index (χ1v) is 11.9. The number of alkyl halides is 3. The number of aromatic nitrogens is 2. The highest BCUT2D eigenvalue weighted by Crippen LogP contribution is 2.38. The number of aryl methyl sites for hydroxylation is 1. The first-order valence-electron chi connectivity index (χ1n) is 11.2. The van der Waals surface area contributed by atoms with Crippen LogP contribution in [0.5, 0.6) is 5.75 Å². The average molecular weight is 530 g/mol. The second kappa shape index (κ2) is 9.87. The number of aliphatic hydroxyl groups excluding tert-OH is 1. The summed E-state index contributed by atoms with van der Waals surface area (Å²) in [6.45, 7) is 3.35. The van der Waals surface area contributed by atoms with Crippen molar-refractivity contribution < 1.29 is 27.8 Å². The largest absolute Gasteiger partial charge is 0.573 e. The zero-order valence-corrected chi connectivity index (χ0v) is 20.6. The molecule has 0 spiro atoms. The Morgan fingerprint density at radius 3 is 2.57 bits per heavy atom. The van der Waals surface area contributed by atoms with Gasteiger partial charge in [0.15, 0.2) is 0 Å². The second-order valence-corrected chi connectivity index (χ2v) is 9.37. The topological polar surface area (TPSA) is 67.6 Å². The third-order valence-electron chi connectivity index (χ3n) is 6.55. The van der Waals surface area contributed by atoms with Gasteiger partial charge in [-0.3, -0.25) is 4.79 Å². The van der Waals surface area contributed by atoms with Crippen molar-refractivity contribution >= 4 is 40.0 Å². The van der Waals surface area contributed by atoms with Gasteiger partial charge in [-0.2, -0.15) is 0 Å². The molecule has 1 fully saturated rings. The van der Waals surface area contributed by atoms with Crippen molar-refractivity contribution in [1.29, 1.82) is 0 Å². The number of pyridine rings is 1. The molecule has 4 rings (SSSR count). The highest BCUT2D eigenvalue weighted by atomic mass is 35.5. The molecule has 1 atom stereocenters. The molecule has 2 aromatic heterocycles. The summed E-state index contributed by atoms with van der Waals surface area (Å²) >= 11 is 12.9. The summed E-state index contributed by atoms with van der Waals surface area (Å²) in [5, 5.41) is 11.7. The van der Waals surface area contributed by atoms with Crippen molar-refractivity contribution in [2.45, 2.75) is 38.7 Å². The van der Waals surface area contributed by atoms with Crippen LogP contribution in [0.4, 0.5) is 13.2 Å². The van der Waals surface area contributed by atoms with Gasteiger partial charge in [0.1, 0.15) is 17.0 Å². The standard InChI is InChI=1S/C24H24Cl2F3N3O3/c1-3-13-6-8-32(9-7-13)23(34)16-12-30-22(26)19(20(16)25)21(33)18-10-14-4-5-15(35-24(27,28)29)11-17(14)31(18)2/h4-5,10-13,21,33H,3,6-9H2,1-2H3. The SMILES string of the molecule is CCC1CCN(C(=O)c2cnc(Cl)c(C(O)c3cc4ccc(OC(F)(F)F)cc4n3C)c2Cl)CC1. The van der Waals surface area contributed by atoms with Crippen molar-refractivity contribution in [3.8, 4) is 5.75 Å². The van der Waals surface area contributed by atoms with Gasteiger partial charge in [0.25, 0.3) is 5.91 Å². The van der Waals surface area contributed by atoms with E-state index in [1.165, 1.54) is 29.0 Å². The summed E-state index contributed by atoms with van der Waals surface area (Å²) < 4.78 is 43.4. The molecule has 1 aromatic carbocycles. The summed E-state index contributed by atoms with van der Waals surface area (Å²) in [5.41, 5.74) is 0.898. The van der Waals surface area contributed by atoms with Crippen LogP contribution in [0.1, 0.15) is 53.9 Å². The van der Waals surface area contributed by atoms with E-state index in [1.807, 2.05) is 0 Å². The van der Waals surface area contributed by atoms with Crippen LogP contribution in [0.2, 0.25) is 10.2 Å². The number of hydrogen-bond acceptors (Lipinski definition) is 4. The summed E-state index contributed by atoms with van der Waals surface area (Å²) in [7, 11) is 1.58. The average Bonchev–Trinajstić information content (AvgIpc) is 3.13. The molecule has 1 aliphatic rings. The van der Waals surface area contributed by atoms with Crippen LogP contribution in [0.3, 0.4) is 0 Å². The lowest BCUT2D eigenvalue weighted by atomic mass is 9.94. The van der Waals surface area contributed by atoms with Crippen LogP contribution in [0.15, 0.2) is 30.5 Å². The molecule has 188 valence electrons. The molecule has 1 amide bonds. The first-order chi connectivity index (χ1) is 16.5. The quantitative estimate of drug-likeness (QED) is 0.404. The Morgan fingerprint density at radius 1 is 1.26 bits per heavy atom. The summed E-state index contributed by atoms with van der Waals surface area (Å²) in [4.78, 5) is 19.0. The number of aliphatic hydroxyl groups is 1. The molecule has 0 aliphatic carbocycles. The molecule has 1 N–H and O–H groups in total. The molecule has 0 bridgehead atoms. The number of nitrogens with zero attached hydrogens (tertiary/aromatic N) is 3. The second-order valence-electron chi connectivity index (χ2n) is 8.63. The van der Waals surface area contributed by atoms with Crippen LogP contribution in [0.25, 0.3) is 10.9 Å². The molecule has 35 heavy (non-hydrogen) atoms. The van der Waals surface area contributed by atoms with Gasteiger partial charge in [-0.05, 0) is 37.0 Å². The molecular formula is C24H24Cl2F3N3O3. The van der Waals surface area contributed by atoms with Gasteiger partial charge < -0.3 is 19.3 Å². The number of carbonyl (C=O) groups is 1. The van der Waals surface area contributed by atoms with E-state index in [1.54, 1.807) is 18.0 Å². The van der Waals surface area contributed by atoms with E-state index in [0.717, 1.165) is 19.3 Å². The normalized spacial score (nSPS) is 16.1. The number of benzene rings is 1. The van der Waals surface area contributed by atoms with Crippen LogP contribution < -0.4 is 4.74 Å². The van der Waals surface area contributed by atoms with E-state index < -0.39 is 12.5 Å². The van der Waals surface area contributed by atoms with Gasteiger partial charge in [0.2, 0.25) is 0 Å². The van der Waals surface area contributed by atoms with Crippen LogP contribution >= 0.6 is 23.2 Å². The van der Waals surface area contributed by atoms with E-state index in [0.29, 0.717) is 35.6 Å². The van der Waals surface area contributed by atoms with Crippen molar-refractivity contribution in [1.82, 2.24) is 14.5 Å². The van der Waals surface area contributed by atoms with Crippen LogP contribution in [0, 0.1) is 5.92 Å². The lowest BCUT2D eigenvalue weighted by Gasteiger charge is -2.32. The number of fused-ring (bicyclic) bond motifs is 1. The maximum Gasteiger partial charge on any atom is 0.573 e. The van der Waals surface area contributed by atoms with E-state index in [9.17, 15) is 23.1 Å². The van der Waals surface area contributed by atoms with Gasteiger partial charge in [-0.25, -0.2) is 4.98 Å². The lowest BCUT2D eigenvalue weighted by molar-refractivity contribution is -0.274.